The standard InChI is InChI=1S/C12H17N5O2/c1-7-14-8(2)16(15-7)6-11(18)17-9-3-4-10(17)12(19)13-5-9/h9-10H,3-6H2,1-2H3,(H,13,19). The quantitative estimate of drug-likeness (QED) is 0.771. The van der Waals surface area contributed by atoms with Crippen molar-refractivity contribution in [1.82, 2.24) is 25.0 Å². The van der Waals surface area contributed by atoms with Gasteiger partial charge in [0, 0.05) is 6.54 Å². The molecule has 2 amide bonds. The summed E-state index contributed by atoms with van der Waals surface area (Å²) >= 11 is 0. The Morgan fingerprint density at radius 3 is 2.89 bits per heavy atom. The van der Waals surface area contributed by atoms with Gasteiger partial charge in [0.25, 0.3) is 0 Å². The summed E-state index contributed by atoms with van der Waals surface area (Å²) in [4.78, 5) is 30.1. The van der Waals surface area contributed by atoms with Gasteiger partial charge in [0.2, 0.25) is 11.8 Å². The van der Waals surface area contributed by atoms with Gasteiger partial charge in [-0.25, -0.2) is 9.67 Å². The Bertz CT molecular complexity index is 538. The summed E-state index contributed by atoms with van der Waals surface area (Å²) < 4.78 is 1.60. The lowest BCUT2D eigenvalue weighted by molar-refractivity contribution is -0.143. The second-order valence-electron chi connectivity index (χ2n) is 5.16. The first kappa shape index (κ1) is 12.1. The summed E-state index contributed by atoms with van der Waals surface area (Å²) in [6, 6.07) is -0.156. The van der Waals surface area contributed by atoms with E-state index in [1.165, 1.54) is 0 Å². The zero-order chi connectivity index (χ0) is 13.6. The number of rotatable bonds is 2. The Kier molecular flexibility index (Phi) is 2.76. The molecule has 0 aromatic carbocycles. The summed E-state index contributed by atoms with van der Waals surface area (Å²) in [7, 11) is 0. The summed E-state index contributed by atoms with van der Waals surface area (Å²) in [5.41, 5.74) is 0. The Balaban J connectivity index is 1.77. The van der Waals surface area contributed by atoms with E-state index in [1.807, 2.05) is 6.92 Å². The zero-order valence-corrected chi connectivity index (χ0v) is 11.1. The lowest BCUT2D eigenvalue weighted by Crippen LogP contribution is -2.58. The fourth-order valence-electron chi connectivity index (χ4n) is 2.98. The van der Waals surface area contributed by atoms with Crippen LogP contribution < -0.4 is 5.32 Å². The monoisotopic (exact) mass is 263 g/mol. The minimum atomic E-state index is -0.295. The van der Waals surface area contributed by atoms with Crippen molar-refractivity contribution in [3.05, 3.63) is 11.6 Å². The van der Waals surface area contributed by atoms with Gasteiger partial charge in [0.1, 0.15) is 24.2 Å². The van der Waals surface area contributed by atoms with Crippen LogP contribution >= 0.6 is 0 Å². The maximum atomic E-state index is 12.4. The number of hydrogen-bond donors (Lipinski definition) is 1. The van der Waals surface area contributed by atoms with Gasteiger partial charge in [-0.15, -0.1) is 0 Å². The van der Waals surface area contributed by atoms with Crippen LogP contribution in [0.4, 0.5) is 0 Å². The van der Waals surface area contributed by atoms with Crippen molar-refractivity contribution in [2.45, 2.75) is 45.3 Å². The molecule has 102 valence electrons. The summed E-state index contributed by atoms with van der Waals surface area (Å²) in [6.07, 6.45) is 1.65. The largest absolute Gasteiger partial charge is 0.352 e. The predicted molar refractivity (Wildman–Crippen MR) is 66.2 cm³/mol. The van der Waals surface area contributed by atoms with E-state index in [4.69, 9.17) is 0 Å². The van der Waals surface area contributed by atoms with Gasteiger partial charge in [0.05, 0.1) is 6.04 Å². The topological polar surface area (TPSA) is 80.1 Å². The highest BCUT2D eigenvalue weighted by atomic mass is 16.2. The third-order valence-electron chi connectivity index (χ3n) is 3.85. The highest BCUT2D eigenvalue weighted by Crippen LogP contribution is 2.27. The number of aryl methyl sites for hydroxylation is 2. The van der Waals surface area contributed by atoms with Gasteiger partial charge in [-0.05, 0) is 26.7 Å². The molecule has 1 aromatic heterocycles. The first-order valence-electron chi connectivity index (χ1n) is 6.53. The molecule has 2 fully saturated rings. The second-order valence-corrected chi connectivity index (χ2v) is 5.16. The minimum Gasteiger partial charge on any atom is -0.352 e. The molecule has 19 heavy (non-hydrogen) atoms. The number of fused-ring (bicyclic) bond motifs is 2. The van der Waals surface area contributed by atoms with Gasteiger partial charge >= 0.3 is 0 Å². The van der Waals surface area contributed by atoms with Gasteiger partial charge in [0.15, 0.2) is 0 Å². The number of carbonyl (C=O) groups is 2. The minimum absolute atomic E-state index is 0.0337. The van der Waals surface area contributed by atoms with E-state index in [0.29, 0.717) is 12.4 Å². The van der Waals surface area contributed by atoms with Crippen LogP contribution in [0.3, 0.4) is 0 Å². The molecule has 0 spiro atoms. The van der Waals surface area contributed by atoms with Gasteiger partial charge in [-0.1, -0.05) is 0 Å². The van der Waals surface area contributed by atoms with E-state index in [0.717, 1.165) is 18.7 Å². The molecular weight excluding hydrogens is 246 g/mol. The van der Waals surface area contributed by atoms with Gasteiger partial charge < -0.3 is 10.2 Å². The highest BCUT2D eigenvalue weighted by molar-refractivity contribution is 5.89. The van der Waals surface area contributed by atoms with Crippen LogP contribution in [0.2, 0.25) is 0 Å². The van der Waals surface area contributed by atoms with Crippen LogP contribution in [0, 0.1) is 13.8 Å². The Labute approximate surface area is 111 Å². The van der Waals surface area contributed by atoms with E-state index in [2.05, 4.69) is 15.4 Å². The van der Waals surface area contributed by atoms with Crippen LogP contribution in [0.5, 0.6) is 0 Å². The van der Waals surface area contributed by atoms with E-state index in [9.17, 15) is 9.59 Å². The molecule has 2 aliphatic rings. The second kappa shape index (κ2) is 4.32. The van der Waals surface area contributed by atoms with Crippen molar-refractivity contribution in [1.29, 1.82) is 0 Å². The van der Waals surface area contributed by atoms with Crippen LogP contribution in [-0.2, 0) is 16.1 Å². The van der Waals surface area contributed by atoms with Crippen molar-refractivity contribution in [2.75, 3.05) is 6.54 Å². The van der Waals surface area contributed by atoms with E-state index >= 15 is 0 Å². The number of carbonyl (C=O) groups excluding carboxylic acids is 2. The first-order chi connectivity index (χ1) is 9.06. The maximum Gasteiger partial charge on any atom is 0.245 e. The fourth-order valence-corrected chi connectivity index (χ4v) is 2.98. The van der Waals surface area contributed by atoms with Crippen LogP contribution in [0.1, 0.15) is 24.5 Å². The Morgan fingerprint density at radius 1 is 1.42 bits per heavy atom. The fraction of sp³-hybridized carbons (Fsp3) is 0.667. The molecule has 2 saturated heterocycles. The van der Waals surface area contributed by atoms with Crippen LogP contribution in [-0.4, -0.2) is 50.1 Å². The average Bonchev–Trinajstić information content (AvgIpc) is 2.85. The lowest BCUT2D eigenvalue weighted by atomic mass is 10.2. The molecule has 7 nitrogen and oxygen atoms in total. The molecule has 0 aliphatic carbocycles. The summed E-state index contributed by atoms with van der Waals surface area (Å²) in [5, 5.41) is 7.03. The molecule has 2 unspecified atom stereocenters. The number of amides is 2. The number of piperazine rings is 1. The molecule has 2 atom stereocenters. The van der Waals surface area contributed by atoms with E-state index in [-0.39, 0.29) is 30.4 Å². The molecular formula is C12H17N5O2. The van der Waals surface area contributed by atoms with Crippen molar-refractivity contribution < 1.29 is 9.59 Å². The van der Waals surface area contributed by atoms with Crippen molar-refractivity contribution in [3.8, 4) is 0 Å². The molecule has 0 radical (unpaired) electrons. The van der Waals surface area contributed by atoms with Crippen molar-refractivity contribution in [3.63, 3.8) is 0 Å². The highest BCUT2D eigenvalue weighted by Gasteiger charge is 2.44. The molecule has 7 heteroatoms. The smallest absolute Gasteiger partial charge is 0.245 e. The lowest BCUT2D eigenvalue weighted by Gasteiger charge is -2.34. The molecule has 0 saturated carbocycles. The number of hydrogen-bond acceptors (Lipinski definition) is 4. The molecule has 2 aliphatic heterocycles. The van der Waals surface area contributed by atoms with Crippen LogP contribution in [0.15, 0.2) is 0 Å². The number of nitrogens with one attached hydrogen (secondary N) is 1. The molecule has 1 N–H and O–H groups in total. The number of nitrogens with zero attached hydrogens (tertiary/aromatic N) is 4. The third-order valence-corrected chi connectivity index (χ3v) is 3.85. The van der Waals surface area contributed by atoms with Gasteiger partial charge in [-0.3, -0.25) is 9.59 Å². The predicted octanol–water partition coefficient (Wildman–Crippen LogP) is -0.616. The van der Waals surface area contributed by atoms with E-state index < -0.39 is 0 Å². The SMILES string of the molecule is Cc1nc(C)n(CC(=O)N2C3CCC2C(=O)NC3)n1. The summed E-state index contributed by atoms with van der Waals surface area (Å²) in [5.74, 6) is 1.30. The van der Waals surface area contributed by atoms with Crippen molar-refractivity contribution >= 4 is 11.8 Å². The van der Waals surface area contributed by atoms with Crippen molar-refractivity contribution in [2.24, 2.45) is 0 Å². The number of aromatic nitrogens is 3. The Hall–Kier alpha value is -1.92. The normalized spacial score (nSPS) is 25.6. The molecule has 1 aromatic rings. The average molecular weight is 263 g/mol. The molecule has 3 rings (SSSR count). The molecule has 3 heterocycles. The first-order valence-corrected chi connectivity index (χ1v) is 6.53. The molecule has 2 bridgehead atoms. The maximum absolute atomic E-state index is 12.4. The Morgan fingerprint density at radius 2 is 2.21 bits per heavy atom. The van der Waals surface area contributed by atoms with Gasteiger partial charge in [-0.2, -0.15) is 5.10 Å². The third kappa shape index (κ3) is 1.98. The van der Waals surface area contributed by atoms with E-state index in [1.54, 1.807) is 16.5 Å². The zero-order valence-electron chi connectivity index (χ0n) is 11.1. The van der Waals surface area contributed by atoms with Crippen LogP contribution in [0.25, 0.3) is 0 Å². The summed E-state index contributed by atoms with van der Waals surface area (Å²) in [6.45, 7) is 4.35.